The van der Waals surface area contributed by atoms with Crippen molar-refractivity contribution in [2.45, 2.75) is 26.3 Å². The van der Waals surface area contributed by atoms with E-state index in [-0.39, 0.29) is 0 Å². The minimum Gasteiger partial charge on any atom is -0.456 e. The summed E-state index contributed by atoms with van der Waals surface area (Å²) in [5, 5.41) is 2.45. The first-order chi connectivity index (χ1) is 9.38. The first-order valence-electron chi connectivity index (χ1n) is 6.16. The Balaban J connectivity index is 2.63. The number of rotatable bonds is 6. The molecule has 2 amide bonds. The Hall–Kier alpha value is -2.37. The van der Waals surface area contributed by atoms with Gasteiger partial charge in [-0.15, -0.1) is 0 Å². The second kappa shape index (κ2) is 7.28. The average Bonchev–Trinajstić information content (AvgIpc) is 2.35. The summed E-state index contributed by atoms with van der Waals surface area (Å²) in [4.78, 5) is 33.5. The van der Waals surface area contributed by atoms with Crippen LogP contribution < -0.4 is 11.1 Å². The zero-order valence-corrected chi connectivity index (χ0v) is 11.5. The van der Waals surface area contributed by atoms with E-state index in [1.165, 1.54) is 6.92 Å². The topological polar surface area (TPSA) is 98.5 Å². The Morgan fingerprint density at radius 1 is 1.35 bits per heavy atom. The Kier molecular flexibility index (Phi) is 5.71. The third-order valence-corrected chi connectivity index (χ3v) is 2.61. The van der Waals surface area contributed by atoms with E-state index >= 15 is 0 Å². The molecule has 0 fully saturated rings. The van der Waals surface area contributed by atoms with Gasteiger partial charge in [0.2, 0.25) is 5.91 Å². The molecule has 0 saturated carbocycles. The summed E-state index contributed by atoms with van der Waals surface area (Å²) >= 11 is 0. The van der Waals surface area contributed by atoms with Crippen molar-refractivity contribution in [1.82, 2.24) is 5.32 Å². The Labute approximate surface area is 117 Å². The molecule has 0 aliphatic heterocycles. The predicted octanol–water partition coefficient (Wildman–Crippen LogP) is 0.0707. The fourth-order valence-electron chi connectivity index (χ4n) is 1.70. The maximum absolute atomic E-state index is 11.5. The van der Waals surface area contributed by atoms with Crippen molar-refractivity contribution in [2.75, 3.05) is 6.61 Å². The Morgan fingerprint density at radius 2 is 2.05 bits per heavy atom. The van der Waals surface area contributed by atoms with Crippen LogP contribution in [0, 0.1) is 6.92 Å². The molecule has 0 unspecified atom stereocenters. The van der Waals surface area contributed by atoms with Crippen LogP contribution in [0.4, 0.5) is 0 Å². The van der Waals surface area contributed by atoms with Crippen LogP contribution in [0.15, 0.2) is 24.3 Å². The number of ether oxygens (including phenoxy) is 1. The minimum absolute atomic E-state index is 0.294. The van der Waals surface area contributed by atoms with Crippen LogP contribution in [0.25, 0.3) is 0 Å². The standard InChI is InChI=1S/C14H18N2O4/c1-9-4-3-5-11(6-9)7-12(14(15)19)16-13(18)8-20-10(2)17/h3-6,12H,7-8H2,1-2H3,(H2,15,19)(H,16,18)/t12-/m1/s1. The monoisotopic (exact) mass is 278 g/mol. The number of primary amides is 1. The third kappa shape index (κ3) is 5.51. The third-order valence-electron chi connectivity index (χ3n) is 2.61. The van der Waals surface area contributed by atoms with E-state index in [1.54, 1.807) is 0 Å². The number of aryl methyl sites for hydroxylation is 1. The molecule has 1 aromatic rings. The van der Waals surface area contributed by atoms with E-state index in [2.05, 4.69) is 10.1 Å². The summed E-state index contributed by atoms with van der Waals surface area (Å²) in [5.41, 5.74) is 7.21. The summed E-state index contributed by atoms with van der Waals surface area (Å²) in [6, 6.07) is 6.72. The van der Waals surface area contributed by atoms with Gasteiger partial charge in [-0.05, 0) is 12.5 Å². The Bertz CT molecular complexity index is 514. The molecule has 0 aliphatic rings. The van der Waals surface area contributed by atoms with Crippen molar-refractivity contribution < 1.29 is 19.1 Å². The molecule has 0 radical (unpaired) electrons. The van der Waals surface area contributed by atoms with Gasteiger partial charge in [-0.25, -0.2) is 0 Å². The number of hydrogen-bond donors (Lipinski definition) is 2. The first kappa shape index (κ1) is 15.7. The van der Waals surface area contributed by atoms with E-state index in [0.717, 1.165) is 11.1 Å². The fourth-order valence-corrected chi connectivity index (χ4v) is 1.70. The average molecular weight is 278 g/mol. The molecule has 0 aliphatic carbocycles. The SMILES string of the molecule is CC(=O)OCC(=O)N[C@H](Cc1cccc(C)c1)C(N)=O. The number of carbonyl (C=O) groups excluding carboxylic acids is 3. The molecule has 0 bridgehead atoms. The second-order valence-electron chi connectivity index (χ2n) is 4.50. The molecular weight excluding hydrogens is 260 g/mol. The lowest BCUT2D eigenvalue weighted by Gasteiger charge is -2.15. The Morgan fingerprint density at radius 3 is 2.60 bits per heavy atom. The van der Waals surface area contributed by atoms with Gasteiger partial charge in [0.1, 0.15) is 6.04 Å². The van der Waals surface area contributed by atoms with E-state index in [4.69, 9.17) is 5.73 Å². The van der Waals surface area contributed by atoms with E-state index in [1.807, 2.05) is 31.2 Å². The lowest BCUT2D eigenvalue weighted by molar-refractivity contribution is -0.146. The highest BCUT2D eigenvalue weighted by Crippen LogP contribution is 2.07. The van der Waals surface area contributed by atoms with Gasteiger partial charge in [0.15, 0.2) is 6.61 Å². The summed E-state index contributed by atoms with van der Waals surface area (Å²) in [7, 11) is 0. The molecule has 1 rings (SSSR count). The summed E-state index contributed by atoms with van der Waals surface area (Å²) in [6.45, 7) is 2.71. The van der Waals surface area contributed by atoms with E-state index in [0.29, 0.717) is 6.42 Å². The van der Waals surface area contributed by atoms with Crippen LogP contribution in [0.5, 0.6) is 0 Å². The van der Waals surface area contributed by atoms with Crippen LogP contribution in [0.3, 0.4) is 0 Å². The first-order valence-corrected chi connectivity index (χ1v) is 6.16. The summed E-state index contributed by atoms with van der Waals surface area (Å²) < 4.78 is 4.55. The van der Waals surface area contributed by atoms with Crippen molar-refractivity contribution in [3.8, 4) is 0 Å². The molecule has 0 heterocycles. The smallest absolute Gasteiger partial charge is 0.303 e. The van der Waals surface area contributed by atoms with Gasteiger partial charge in [-0.2, -0.15) is 0 Å². The zero-order valence-electron chi connectivity index (χ0n) is 11.5. The molecule has 0 saturated heterocycles. The lowest BCUT2D eigenvalue weighted by Crippen LogP contribution is -2.47. The van der Waals surface area contributed by atoms with Crippen LogP contribution in [-0.2, 0) is 25.5 Å². The maximum Gasteiger partial charge on any atom is 0.303 e. The van der Waals surface area contributed by atoms with E-state index < -0.39 is 30.4 Å². The number of nitrogens with two attached hydrogens (primary N) is 1. The summed E-state index contributed by atoms with van der Waals surface area (Å²) in [6.07, 6.45) is 0.294. The highest BCUT2D eigenvalue weighted by molar-refractivity contribution is 5.88. The van der Waals surface area contributed by atoms with Gasteiger partial charge >= 0.3 is 5.97 Å². The molecular formula is C14H18N2O4. The molecule has 3 N–H and O–H groups in total. The number of amides is 2. The van der Waals surface area contributed by atoms with Gasteiger partial charge in [0.25, 0.3) is 5.91 Å². The number of nitrogens with one attached hydrogen (secondary N) is 1. The number of benzene rings is 1. The predicted molar refractivity (Wildman–Crippen MR) is 72.6 cm³/mol. The molecule has 1 aromatic carbocycles. The number of hydrogen-bond acceptors (Lipinski definition) is 4. The van der Waals surface area contributed by atoms with Crippen molar-refractivity contribution in [1.29, 1.82) is 0 Å². The molecule has 1 atom stereocenters. The maximum atomic E-state index is 11.5. The summed E-state index contributed by atoms with van der Waals surface area (Å²) in [5.74, 6) is -1.76. The quantitative estimate of drug-likeness (QED) is 0.719. The molecule has 0 spiro atoms. The van der Waals surface area contributed by atoms with Crippen molar-refractivity contribution in [3.63, 3.8) is 0 Å². The zero-order chi connectivity index (χ0) is 15.1. The van der Waals surface area contributed by atoms with Crippen LogP contribution >= 0.6 is 0 Å². The van der Waals surface area contributed by atoms with Crippen molar-refractivity contribution in [3.05, 3.63) is 35.4 Å². The highest BCUT2D eigenvalue weighted by atomic mass is 16.5. The van der Waals surface area contributed by atoms with E-state index in [9.17, 15) is 14.4 Å². The van der Waals surface area contributed by atoms with Crippen LogP contribution in [0.1, 0.15) is 18.1 Å². The van der Waals surface area contributed by atoms with Gasteiger partial charge in [-0.3, -0.25) is 14.4 Å². The van der Waals surface area contributed by atoms with Crippen LogP contribution in [0.2, 0.25) is 0 Å². The van der Waals surface area contributed by atoms with Crippen LogP contribution in [-0.4, -0.2) is 30.4 Å². The fraction of sp³-hybridized carbons (Fsp3) is 0.357. The van der Waals surface area contributed by atoms with Gasteiger partial charge < -0.3 is 15.8 Å². The van der Waals surface area contributed by atoms with Gasteiger partial charge in [0.05, 0.1) is 0 Å². The molecule has 6 nitrogen and oxygen atoms in total. The second-order valence-corrected chi connectivity index (χ2v) is 4.50. The molecule has 108 valence electrons. The van der Waals surface area contributed by atoms with Crippen molar-refractivity contribution in [2.24, 2.45) is 5.73 Å². The normalized spacial score (nSPS) is 11.5. The highest BCUT2D eigenvalue weighted by Gasteiger charge is 2.19. The molecule has 20 heavy (non-hydrogen) atoms. The number of esters is 1. The minimum atomic E-state index is -0.833. The largest absolute Gasteiger partial charge is 0.456 e. The van der Waals surface area contributed by atoms with Gasteiger partial charge in [0, 0.05) is 13.3 Å². The lowest BCUT2D eigenvalue weighted by atomic mass is 10.0. The number of carbonyl (C=O) groups is 3. The van der Waals surface area contributed by atoms with Crippen molar-refractivity contribution >= 4 is 17.8 Å². The van der Waals surface area contributed by atoms with Gasteiger partial charge in [-0.1, -0.05) is 29.8 Å². The molecule has 6 heteroatoms. The molecule has 0 aromatic heterocycles.